The number of aliphatic carboxylic acids is 2. The summed E-state index contributed by atoms with van der Waals surface area (Å²) in [5, 5.41) is 21.7. The van der Waals surface area contributed by atoms with Gasteiger partial charge in [-0.1, -0.05) is 30.3 Å². The lowest BCUT2D eigenvalue weighted by atomic mass is 10.0. The number of carboxylic acids is 2. The Kier molecular flexibility index (Phi) is 7.15. The van der Waals surface area contributed by atoms with Gasteiger partial charge in [0.15, 0.2) is 0 Å². The predicted octanol–water partition coefficient (Wildman–Crippen LogP) is 1.52. The second-order valence-electron chi connectivity index (χ2n) is 6.68. The first kappa shape index (κ1) is 19.9. The van der Waals surface area contributed by atoms with E-state index in [4.69, 9.17) is 0 Å². The van der Waals surface area contributed by atoms with E-state index < -0.39 is 30.1 Å². The molecule has 1 aliphatic heterocycles. The summed E-state index contributed by atoms with van der Waals surface area (Å²) >= 11 is 0. The number of carbonyl (C=O) groups is 3. The third kappa shape index (κ3) is 5.29. The third-order valence-electron chi connectivity index (χ3n) is 4.81. The van der Waals surface area contributed by atoms with E-state index in [2.05, 4.69) is 5.32 Å². The molecule has 1 aliphatic rings. The van der Waals surface area contributed by atoms with Crippen molar-refractivity contribution in [1.29, 1.82) is 0 Å². The van der Waals surface area contributed by atoms with E-state index in [0.717, 1.165) is 12.0 Å². The molecule has 3 atom stereocenters. The molecule has 0 radical (unpaired) electrons. The highest BCUT2D eigenvalue weighted by atomic mass is 16.4. The highest BCUT2D eigenvalue weighted by Crippen LogP contribution is 2.17. The van der Waals surface area contributed by atoms with Crippen LogP contribution in [0.1, 0.15) is 38.2 Å². The number of benzene rings is 1. The number of hydrogen-bond acceptors (Lipinski definition) is 4. The summed E-state index contributed by atoms with van der Waals surface area (Å²) in [5.74, 6) is -2.39. The van der Waals surface area contributed by atoms with Crippen molar-refractivity contribution < 1.29 is 24.6 Å². The summed E-state index contributed by atoms with van der Waals surface area (Å²) in [4.78, 5) is 36.9. The largest absolute Gasteiger partial charge is 0.480 e. The lowest BCUT2D eigenvalue weighted by Crippen LogP contribution is -2.54. The molecule has 0 aliphatic carbocycles. The van der Waals surface area contributed by atoms with Gasteiger partial charge in [-0.15, -0.1) is 0 Å². The highest BCUT2D eigenvalue weighted by Gasteiger charge is 2.34. The summed E-state index contributed by atoms with van der Waals surface area (Å²) in [6, 6.07) is 7.13. The number of carboxylic acid groups (broad SMARTS) is 2. The summed E-state index contributed by atoms with van der Waals surface area (Å²) in [5.41, 5.74) is 1.04. The SMILES string of the molecule is CC(C(=O)O)N1CCCCC(NC(CCc2ccccc2)C(=O)O)C1=O. The Balaban J connectivity index is 2.04. The first-order chi connectivity index (χ1) is 12.4. The molecule has 1 heterocycles. The topological polar surface area (TPSA) is 107 Å². The average Bonchev–Trinajstić information content (AvgIpc) is 2.80. The number of hydrogen-bond donors (Lipinski definition) is 3. The highest BCUT2D eigenvalue weighted by molar-refractivity contribution is 5.87. The van der Waals surface area contributed by atoms with E-state index in [0.29, 0.717) is 32.2 Å². The van der Waals surface area contributed by atoms with Crippen LogP contribution >= 0.6 is 0 Å². The number of carbonyl (C=O) groups excluding carboxylic acids is 1. The Morgan fingerprint density at radius 3 is 2.50 bits per heavy atom. The normalized spacial score (nSPS) is 20.3. The molecule has 2 rings (SSSR count). The van der Waals surface area contributed by atoms with Crippen molar-refractivity contribution >= 4 is 17.8 Å². The number of nitrogens with one attached hydrogen (secondary N) is 1. The van der Waals surface area contributed by atoms with Gasteiger partial charge in [0, 0.05) is 6.54 Å². The molecule has 3 N–H and O–H groups in total. The molecular weight excluding hydrogens is 336 g/mol. The first-order valence-electron chi connectivity index (χ1n) is 8.96. The van der Waals surface area contributed by atoms with Gasteiger partial charge >= 0.3 is 11.9 Å². The second-order valence-corrected chi connectivity index (χ2v) is 6.68. The standard InChI is InChI=1S/C19H26N2O5/c1-13(18(23)24)21-12-6-5-9-15(17(21)22)20-16(19(25)26)11-10-14-7-3-2-4-8-14/h2-4,7-8,13,15-16,20H,5-6,9-12H2,1H3,(H,23,24)(H,25,26). The number of likely N-dealkylation sites (tertiary alicyclic amines) is 1. The smallest absolute Gasteiger partial charge is 0.326 e. The van der Waals surface area contributed by atoms with Gasteiger partial charge in [-0.05, 0) is 44.6 Å². The Morgan fingerprint density at radius 2 is 1.88 bits per heavy atom. The van der Waals surface area contributed by atoms with E-state index in [1.54, 1.807) is 0 Å². The van der Waals surface area contributed by atoms with Crippen LogP contribution in [0.2, 0.25) is 0 Å². The number of nitrogens with zero attached hydrogens (tertiary/aromatic N) is 1. The minimum Gasteiger partial charge on any atom is -0.480 e. The van der Waals surface area contributed by atoms with E-state index in [9.17, 15) is 24.6 Å². The summed E-state index contributed by atoms with van der Waals surface area (Å²) in [7, 11) is 0. The van der Waals surface area contributed by atoms with Crippen LogP contribution in [0.25, 0.3) is 0 Å². The van der Waals surface area contributed by atoms with Crippen molar-refractivity contribution in [3.05, 3.63) is 35.9 Å². The van der Waals surface area contributed by atoms with Crippen molar-refractivity contribution in [2.24, 2.45) is 0 Å². The van der Waals surface area contributed by atoms with Crippen LogP contribution in [0.5, 0.6) is 0 Å². The monoisotopic (exact) mass is 362 g/mol. The molecule has 7 nitrogen and oxygen atoms in total. The van der Waals surface area contributed by atoms with Crippen molar-refractivity contribution in [2.45, 2.75) is 57.2 Å². The Bertz CT molecular complexity index is 634. The fraction of sp³-hybridized carbons (Fsp3) is 0.526. The molecule has 1 aromatic carbocycles. The van der Waals surface area contributed by atoms with Crippen molar-refractivity contribution in [2.75, 3.05) is 6.54 Å². The van der Waals surface area contributed by atoms with Gasteiger partial charge in [-0.2, -0.15) is 0 Å². The fourth-order valence-corrected chi connectivity index (χ4v) is 3.21. The van der Waals surface area contributed by atoms with Crippen LogP contribution in [0.15, 0.2) is 30.3 Å². The molecule has 26 heavy (non-hydrogen) atoms. The maximum Gasteiger partial charge on any atom is 0.326 e. The zero-order chi connectivity index (χ0) is 19.1. The van der Waals surface area contributed by atoms with Gasteiger partial charge in [0.1, 0.15) is 12.1 Å². The molecule has 1 aromatic rings. The van der Waals surface area contributed by atoms with Gasteiger partial charge in [0.25, 0.3) is 0 Å². The molecule has 0 spiro atoms. The van der Waals surface area contributed by atoms with Crippen LogP contribution in [0.4, 0.5) is 0 Å². The molecule has 1 saturated heterocycles. The van der Waals surface area contributed by atoms with Crippen LogP contribution in [-0.2, 0) is 20.8 Å². The quantitative estimate of drug-likeness (QED) is 0.647. The number of aryl methyl sites for hydroxylation is 1. The second kappa shape index (κ2) is 9.33. The fourth-order valence-electron chi connectivity index (χ4n) is 3.21. The average molecular weight is 362 g/mol. The molecule has 142 valence electrons. The molecule has 3 unspecified atom stereocenters. The molecule has 0 aromatic heterocycles. The van der Waals surface area contributed by atoms with Crippen molar-refractivity contribution in [3.8, 4) is 0 Å². The summed E-state index contributed by atoms with van der Waals surface area (Å²) in [6.07, 6.45) is 2.91. The van der Waals surface area contributed by atoms with Crippen molar-refractivity contribution in [3.63, 3.8) is 0 Å². The predicted molar refractivity (Wildman–Crippen MR) is 95.8 cm³/mol. The Morgan fingerprint density at radius 1 is 1.19 bits per heavy atom. The Labute approximate surface area is 153 Å². The molecule has 7 heteroatoms. The summed E-state index contributed by atoms with van der Waals surface area (Å²) in [6.45, 7) is 1.86. The zero-order valence-electron chi connectivity index (χ0n) is 14.9. The van der Waals surface area contributed by atoms with Gasteiger partial charge in [0.05, 0.1) is 6.04 Å². The molecule has 0 saturated carbocycles. The minimum absolute atomic E-state index is 0.330. The third-order valence-corrected chi connectivity index (χ3v) is 4.81. The van der Waals surface area contributed by atoms with Gasteiger partial charge in [-0.25, -0.2) is 4.79 Å². The molecular formula is C19H26N2O5. The number of amides is 1. The van der Waals surface area contributed by atoms with E-state index in [1.807, 2.05) is 30.3 Å². The lowest BCUT2D eigenvalue weighted by Gasteiger charge is -2.29. The van der Waals surface area contributed by atoms with Crippen molar-refractivity contribution in [1.82, 2.24) is 10.2 Å². The van der Waals surface area contributed by atoms with E-state index in [-0.39, 0.29) is 5.91 Å². The molecule has 1 amide bonds. The van der Waals surface area contributed by atoms with Crippen LogP contribution in [-0.4, -0.2) is 57.6 Å². The van der Waals surface area contributed by atoms with Gasteiger partial charge < -0.3 is 15.1 Å². The summed E-state index contributed by atoms with van der Waals surface area (Å²) < 4.78 is 0. The van der Waals surface area contributed by atoms with Crippen LogP contribution in [0, 0.1) is 0 Å². The number of rotatable bonds is 8. The lowest BCUT2D eigenvalue weighted by molar-refractivity contribution is -0.150. The van der Waals surface area contributed by atoms with E-state index in [1.165, 1.54) is 11.8 Å². The molecule has 0 bridgehead atoms. The molecule has 1 fully saturated rings. The maximum atomic E-state index is 12.7. The van der Waals surface area contributed by atoms with E-state index >= 15 is 0 Å². The van der Waals surface area contributed by atoms with Crippen LogP contribution < -0.4 is 5.32 Å². The van der Waals surface area contributed by atoms with Gasteiger partial charge in [-0.3, -0.25) is 14.9 Å². The van der Waals surface area contributed by atoms with Gasteiger partial charge in [0.2, 0.25) is 5.91 Å². The maximum absolute atomic E-state index is 12.7. The zero-order valence-corrected chi connectivity index (χ0v) is 14.9. The minimum atomic E-state index is -1.06. The van der Waals surface area contributed by atoms with Crippen LogP contribution in [0.3, 0.4) is 0 Å². The first-order valence-corrected chi connectivity index (χ1v) is 8.96. The Hall–Kier alpha value is -2.41.